The zero-order valence-electron chi connectivity index (χ0n) is 12.9. The molecule has 3 rings (SSSR count). The molecule has 22 heavy (non-hydrogen) atoms. The number of hydrogen-bond acceptors (Lipinski definition) is 4. The second-order valence-electron chi connectivity index (χ2n) is 5.90. The zero-order chi connectivity index (χ0) is 15.5. The maximum absolute atomic E-state index is 12.4. The van der Waals surface area contributed by atoms with Crippen LogP contribution in [-0.2, 0) is 0 Å². The van der Waals surface area contributed by atoms with Gasteiger partial charge in [0.05, 0.1) is 0 Å². The maximum atomic E-state index is 12.4. The van der Waals surface area contributed by atoms with Crippen LogP contribution in [0.2, 0.25) is 0 Å². The topological polar surface area (TPSA) is 54.0 Å². The first kappa shape index (κ1) is 15.2. The summed E-state index contributed by atoms with van der Waals surface area (Å²) < 4.78 is 0. The molecule has 1 aromatic heterocycles. The quantitative estimate of drug-likeness (QED) is 0.916. The molecular formula is C17H21N3OS. The lowest BCUT2D eigenvalue weighted by atomic mass is 9.95. The van der Waals surface area contributed by atoms with Gasteiger partial charge in [0.1, 0.15) is 10.7 Å². The Hall–Kier alpha value is -1.72. The summed E-state index contributed by atoms with van der Waals surface area (Å²) in [6, 6.07) is 8.30. The van der Waals surface area contributed by atoms with Gasteiger partial charge in [-0.25, -0.2) is 4.98 Å². The summed E-state index contributed by atoms with van der Waals surface area (Å²) in [6.45, 7) is 6.11. The number of aromatic nitrogens is 1. The highest BCUT2D eigenvalue weighted by Gasteiger charge is 2.24. The highest BCUT2D eigenvalue weighted by atomic mass is 32.1. The molecule has 116 valence electrons. The van der Waals surface area contributed by atoms with E-state index < -0.39 is 0 Å². The third-order valence-corrected chi connectivity index (χ3v) is 5.13. The van der Waals surface area contributed by atoms with Gasteiger partial charge in [-0.2, -0.15) is 0 Å². The number of nitrogens with zero attached hydrogens (tertiary/aromatic N) is 1. The molecule has 0 bridgehead atoms. The molecule has 1 fully saturated rings. The molecule has 0 aliphatic carbocycles. The Balaban J connectivity index is 1.73. The number of aryl methyl sites for hydroxylation is 1. The number of hydrogen-bond donors (Lipinski definition) is 2. The minimum absolute atomic E-state index is 0.0726. The molecular weight excluding hydrogens is 294 g/mol. The van der Waals surface area contributed by atoms with Crippen molar-refractivity contribution in [3.05, 3.63) is 40.9 Å². The van der Waals surface area contributed by atoms with Crippen molar-refractivity contribution in [2.75, 3.05) is 13.1 Å². The molecule has 4 nitrogen and oxygen atoms in total. The smallest absolute Gasteiger partial charge is 0.271 e. The first-order chi connectivity index (χ1) is 10.6. The molecule has 1 amide bonds. The molecule has 1 aliphatic heterocycles. The van der Waals surface area contributed by atoms with Gasteiger partial charge in [-0.05, 0) is 31.4 Å². The summed E-state index contributed by atoms with van der Waals surface area (Å²) in [7, 11) is 0. The normalized spacial score (nSPS) is 21.5. The van der Waals surface area contributed by atoms with Crippen LogP contribution >= 0.6 is 11.3 Å². The maximum Gasteiger partial charge on any atom is 0.271 e. The van der Waals surface area contributed by atoms with Crippen LogP contribution in [0.3, 0.4) is 0 Å². The van der Waals surface area contributed by atoms with Crippen LogP contribution in [-0.4, -0.2) is 30.0 Å². The SMILES string of the molecule is Cc1ccccc1-c1nc(C(=O)NC2CNCCC2C)cs1. The second-order valence-corrected chi connectivity index (χ2v) is 6.76. The highest BCUT2D eigenvalue weighted by Crippen LogP contribution is 2.26. The van der Waals surface area contributed by atoms with Gasteiger partial charge in [0.15, 0.2) is 0 Å². The van der Waals surface area contributed by atoms with E-state index >= 15 is 0 Å². The Labute approximate surface area is 135 Å². The predicted molar refractivity (Wildman–Crippen MR) is 90.2 cm³/mol. The number of rotatable bonds is 3. The Morgan fingerprint density at radius 2 is 2.23 bits per heavy atom. The molecule has 2 N–H and O–H groups in total. The van der Waals surface area contributed by atoms with E-state index in [0.29, 0.717) is 11.6 Å². The van der Waals surface area contributed by atoms with Crippen LogP contribution in [0, 0.1) is 12.8 Å². The van der Waals surface area contributed by atoms with Crippen molar-refractivity contribution >= 4 is 17.2 Å². The number of nitrogens with one attached hydrogen (secondary N) is 2. The molecule has 0 radical (unpaired) electrons. The standard InChI is InChI=1S/C17H21N3OS/c1-11-5-3-4-6-13(11)17-20-15(10-22-17)16(21)19-14-9-18-8-7-12(14)2/h3-6,10,12,14,18H,7-9H2,1-2H3,(H,19,21). The van der Waals surface area contributed by atoms with Crippen LogP contribution in [0.1, 0.15) is 29.4 Å². The number of piperidine rings is 1. The summed E-state index contributed by atoms with van der Waals surface area (Å²) in [5.74, 6) is 0.427. The number of carbonyl (C=O) groups is 1. The van der Waals surface area contributed by atoms with Crippen LogP contribution in [0.15, 0.2) is 29.6 Å². The summed E-state index contributed by atoms with van der Waals surface area (Å²) in [4.78, 5) is 16.9. The van der Waals surface area contributed by atoms with Gasteiger partial charge in [-0.1, -0.05) is 31.2 Å². The van der Waals surface area contributed by atoms with Gasteiger partial charge in [0.2, 0.25) is 0 Å². The van der Waals surface area contributed by atoms with Crippen molar-refractivity contribution in [1.29, 1.82) is 0 Å². The van der Waals surface area contributed by atoms with E-state index in [1.54, 1.807) is 0 Å². The van der Waals surface area contributed by atoms with E-state index in [2.05, 4.69) is 35.5 Å². The Morgan fingerprint density at radius 3 is 3.00 bits per heavy atom. The van der Waals surface area contributed by atoms with E-state index in [0.717, 1.165) is 30.1 Å². The van der Waals surface area contributed by atoms with E-state index in [1.807, 2.05) is 23.6 Å². The van der Waals surface area contributed by atoms with Crippen molar-refractivity contribution in [2.45, 2.75) is 26.3 Å². The van der Waals surface area contributed by atoms with Crippen molar-refractivity contribution in [2.24, 2.45) is 5.92 Å². The fraction of sp³-hybridized carbons (Fsp3) is 0.412. The summed E-state index contributed by atoms with van der Waals surface area (Å²) >= 11 is 1.52. The lowest BCUT2D eigenvalue weighted by Gasteiger charge is -2.29. The van der Waals surface area contributed by atoms with Crippen molar-refractivity contribution in [3.8, 4) is 10.6 Å². The van der Waals surface area contributed by atoms with Crippen LogP contribution < -0.4 is 10.6 Å². The Bertz CT molecular complexity index is 667. The van der Waals surface area contributed by atoms with Gasteiger partial charge in [0.25, 0.3) is 5.91 Å². The largest absolute Gasteiger partial charge is 0.346 e. The molecule has 1 saturated heterocycles. The fourth-order valence-electron chi connectivity index (χ4n) is 2.74. The average Bonchev–Trinajstić information content (AvgIpc) is 3.00. The number of benzene rings is 1. The minimum Gasteiger partial charge on any atom is -0.346 e. The molecule has 1 aliphatic rings. The monoisotopic (exact) mass is 315 g/mol. The third kappa shape index (κ3) is 3.20. The number of amides is 1. The Morgan fingerprint density at radius 1 is 1.41 bits per heavy atom. The van der Waals surface area contributed by atoms with Crippen molar-refractivity contribution in [3.63, 3.8) is 0 Å². The molecule has 2 unspecified atom stereocenters. The van der Waals surface area contributed by atoms with Gasteiger partial charge in [-0.15, -0.1) is 11.3 Å². The van der Waals surface area contributed by atoms with Gasteiger partial charge >= 0.3 is 0 Å². The number of thiazole rings is 1. The predicted octanol–water partition coefficient (Wildman–Crippen LogP) is 2.85. The lowest BCUT2D eigenvalue weighted by Crippen LogP contribution is -2.50. The molecule has 1 aromatic carbocycles. The van der Waals surface area contributed by atoms with E-state index in [-0.39, 0.29) is 11.9 Å². The average molecular weight is 315 g/mol. The first-order valence-corrected chi connectivity index (χ1v) is 8.56. The molecule has 5 heteroatoms. The third-order valence-electron chi connectivity index (χ3n) is 4.26. The number of carbonyl (C=O) groups excluding carboxylic acids is 1. The van der Waals surface area contributed by atoms with Crippen molar-refractivity contribution < 1.29 is 4.79 Å². The van der Waals surface area contributed by atoms with E-state index in [4.69, 9.17) is 0 Å². The molecule has 2 atom stereocenters. The molecule has 2 aromatic rings. The van der Waals surface area contributed by atoms with E-state index in [1.165, 1.54) is 16.9 Å². The van der Waals surface area contributed by atoms with Gasteiger partial charge in [0, 0.05) is 23.5 Å². The summed E-state index contributed by atoms with van der Waals surface area (Å²) in [6.07, 6.45) is 1.09. The Kier molecular flexibility index (Phi) is 4.55. The minimum atomic E-state index is -0.0726. The van der Waals surface area contributed by atoms with Crippen LogP contribution in [0.25, 0.3) is 10.6 Å². The first-order valence-electron chi connectivity index (χ1n) is 7.68. The van der Waals surface area contributed by atoms with Gasteiger partial charge < -0.3 is 10.6 Å². The highest BCUT2D eigenvalue weighted by molar-refractivity contribution is 7.13. The zero-order valence-corrected chi connectivity index (χ0v) is 13.7. The fourth-order valence-corrected chi connectivity index (χ4v) is 3.63. The molecule has 2 heterocycles. The summed E-state index contributed by atoms with van der Waals surface area (Å²) in [5, 5.41) is 9.18. The van der Waals surface area contributed by atoms with Gasteiger partial charge in [-0.3, -0.25) is 4.79 Å². The second kappa shape index (κ2) is 6.58. The molecule has 0 spiro atoms. The lowest BCUT2D eigenvalue weighted by molar-refractivity contribution is 0.0911. The van der Waals surface area contributed by atoms with Crippen LogP contribution in [0.4, 0.5) is 0 Å². The summed E-state index contributed by atoms with van der Waals surface area (Å²) in [5.41, 5.74) is 2.79. The van der Waals surface area contributed by atoms with Crippen LogP contribution in [0.5, 0.6) is 0 Å². The van der Waals surface area contributed by atoms with Crippen molar-refractivity contribution in [1.82, 2.24) is 15.6 Å². The van der Waals surface area contributed by atoms with E-state index in [9.17, 15) is 4.79 Å². The molecule has 0 saturated carbocycles.